The van der Waals surface area contributed by atoms with E-state index in [9.17, 15) is 0 Å². The number of aryl methyl sites for hydroxylation is 2. The Bertz CT molecular complexity index is 143. The summed E-state index contributed by atoms with van der Waals surface area (Å²) in [5, 5.41) is 0. The fourth-order valence-electron chi connectivity index (χ4n) is 0.637. The molecule has 9 heavy (non-hydrogen) atoms. The van der Waals surface area contributed by atoms with Gasteiger partial charge in [0.2, 0.25) is 0 Å². The van der Waals surface area contributed by atoms with Crippen molar-refractivity contribution in [1.29, 1.82) is 0 Å². The van der Waals surface area contributed by atoms with Gasteiger partial charge in [0, 0.05) is 0 Å². The second kappa shape index (κ2) is 4.01. The molecule has 1 aromatic carbocycles. The van der Waals surface area contributed by atoms with Crippen LogP contribution in [0.15, 0.2) is 24.3 Å². The summed E-state index contributed by atoms with van der Waals surface area (Å²) >= 11 is 0. The molecule has 1 rings (SSSR count). The molecular weight excluding hydrogens is 306 g/mol. The van der Waals surface area contributed by atoms with Gasteiger partial charge in [0.25, 0.3) is 0 Å². The molecule has 0 atom stereocenters. The van der Waals surface area contributed by atoms with Crippen molar-refractivity contribution in [2.24, 2.45) is 0 Å². The minimum absolute atomic E-state index is 0. The normalized spacial score (nSPS) is 8.22. The molecule has 0 spiro atoms. The molecule has 0 unspecified atom stereocenters. The third-order valence-electron chi connectivity index (χ3n) is 1.22. The molecule has 1 heteroatoms. The van der Waals surface area contributed by atoms with Gasteiger partial charge in [0.05, 0.1) is 0 Å². The van der Waals surface area contributed by atoms with E-state index in [2.05, 4.69) is 38.1 Å². The van der Waals surface area contributed by atoms with Gasteiger partial charge in [0.15, 0.2) is 0 Å². The van der Waals surface area contributed by atoms with Crippen LogP contribution in [0.2, 0.25) is 0 Å². The summed E-state index contributed by atoms with van der Waals surface area (Å²) in [6.45, 7) is 4.19. The number of hydrogen-bond acceptors (Lipinski definition) is 0. The molecule has 0 aliphatic carbocycles. The summed E-state index contributed by atoms with van der Waals surface area (Å²) in [5.74, 6) is 0. The Labute approximate surface area is 75.4 Å². The van der Waals surface area contributed by atoms with Gasteiger partial charge in [-0.15, -0.1) is 0 Å². The molecule has 0 heterocycles. The third kappa shape index (κ3) is 2.96. The third-order valence-corrected chi connectivity index (χ3v) is 1.22. The molecular formula is C8H11At. The van der Waals surface area contributed by atoms with E-state index in [1.807, 2.05) is 0 Å². The molecule has 0 N–H and O–H groups in total. The van der Waals surface area contributed by atoms with Gasteiger partial charge in [-0.2, -0.15) is 0 Å². The Hall–Kier alpha value is 0.103. The van der Waals surface area contributed by atoms with Crippen molar-refractivity contribution >= 4 is 0 Å². The van der Waals surface area contributed by atoms with Gasteiger partial charge in [-0.25, -0.2) is 0 Å². The zero-order chi connectivity index (χ0) is 5.98. The van der Waals surface area contributed by atoms with Crippen molar-refractivity contribution in [3.63, 3.8) is 0 Å². The average molecular weight is 317 g/mol. The Morgan fingerprint density at radius 2 is 1.00 bits per heavy atom. The van der Waals surface area contributed by atoms with Crippen LogP contribution in [0, 0.1) is 40.1 Å². The second-order valence-electron chi connectivity index (χ2n) is 2.15. The van der Waals surface area contributed by atoms with Gasteiger partial charge in [-0.3, -0.25) is 0 Å². The fraction of sp³-hybridized carbons (Fsp3) is 0.250. The van der Waals surface area contributed by atoms with E-state index in [1.54, 1.807) is 0 Å². The van der Waals surface area contributed by atoms with Crippen LogP contribution in [0.25, 0.3) is 0 Å². The Morgan fingerprint density at radius 1 is 0.778 bits per heavy atom. The first-order valence-electron chi connectivity index (χ1n) is 2.82. The van der Waals surface area contributed by atoms with Crippen molar-refractivity contribution in [3.05, 3.63) is 35.4 Å². The van der Waals surface area contributed by atoms with Crippen molar-refractivity contribution in [2.45, 2.75) is 13.8 Å². The van der Waals surface area contributed by atoms with Crippen LogP contribution < -0.4 is 0 Å². The molecule has 1 aromatic rings. The first-order chi connectivity index (χ1) is 3.79. The second-order valence-corrected chi connectivity index (χ2v) is 2.15. The quantitative estimate of drug-likeness (QED) is 0.687. The summed E-state index contributed by atoms with van der Waals surface area (Å²) in [6.07, 6.45) is 0. The van der Waals surface area contributed by atoms with Gasteiger partial charge >= 0.3 is 26.2 Å². The molecule has 0 fully saturated rings. The van der Waals surface area contributed by atoms with Crippen LogP contribution in [-0.4, -0.2) is 0 Å². The first kappa shape index (κ1) is 9.10. The molecule has 0 nitrogen and oxygen atoms in total. The van der Waals surface area contributed by atoms with E-state index in [4.69, 9.17) is 0 Å². The summed E-state index contributed by atoms with van der Waals surface area (Å²) in [4.78, 5) is 0. The van der Waals surface area contributed by atoms with Crippen LogP contribution in [0.1, 0.15) is 11.1 Å². The Balaban J connectivity index is 0.000000640. The van der Waals surface area contributed by atoms with Gasteiger partial charge in [0.1, 0.15) is 0 Å². The minimum atomic E-state index is 0. The average Bonchev–Trinajstić information content (AvgIpc) is 1.77. The molecule has 0 radical (unpaired) electrons. The molecule has 50 valence electrons. The van der Waals surface area contributed by atoms with Gasteiger partial charge in [-0.1, -0.05) is 35.4 Å². The summed E-state index contributed by atoms with van der Waals surface area (Å²) in [6, 6.07) is 8.48. The van der Waals surface area contributed by atoms with Crippen LogP contribution in [0.3, 0.4) is 0 Å². The molecule has 0 aliphatic rings. The van der Waals surface area contributed by atoms with Crippen molar-refractivity contribution in [3.8, 4) is 0 Å². The Kier molecular flexibility index (Phi) is 4.05. The molecule has 0 bridgehead atoms. The molecule has 0 amide bonds. The van der Waals surface area contributed by atoms with Gasteiger partial charge < -0.3 is 0 Å². The number of benzene rings is 1. The van der Waals surface area contributed by atoms with Crippen LogP contribution in [-0.2, 0) is 0 Å². The monoisotopic (exact) mass is 317 g/mol. The van der Waals surface area contributed by atoms with E-state index in [-0.39, 0.29) is 26.2 Å². The SMILES string of the molecule is Cc1ccc(C)cc1.[AtH]. The Morgan fingerprint density at radius 3 is 1.22 bits per heavy atom. The van der Waals surface area contributed by atoms with Crippen molar-refractivity contribution < 1.29 is 26.2 Å². The van der Waals surface area contributed by atoms with E-state index in [0.29, 0.717) is 0 Å². The van der Waals surface area contributed by atoms with E-state index >= 15 is 0 Å². The fourth-order valence-corrected chi connectivity index (χ4v) is 0.637. The van der Waals surface area contributed by atoms with Crippen molar-refractivity contribution in [2.75, 3.05) is 0 Å². The van der Waals surface area contributed by atoms with E-state index < -0.39 is 0 Å². The first-order valence-corrected chi connectivity index (χ1v) is 2.82. The van der Waals surface area contributed by atoms with Gasteiger partial charge in [-0.05, 0) is 13.8 Å². The topological polar surface area (TPSA) is 0 Å². The summed E-state index contributed by atoms with van der Waals surface area (Å²) in [5.41, 5.74) is 2.66. The number of hydrogen-bond donors (Lipinski definition) is 0. The standard InChI is InChI=1S/C8H10.AtH/c1-7-3-5-8(2)6-4-7;/h3-6H,1-2H3;1H. The van der Waals surface area contributed by atoms with Crippen molar-refractivity contribution in [1.82, 2.24) is 0 Å². The summed E-state index contributed by atoms with van der Waals surface area (Å²) in [7, 11) is 0. The predicted molar refractivity (Wildman–Crippen MR) is 37.3 cm³/mol. The zero-order valence-corrected chi connectivity index (χ0v) is 8.89. The van der Waals surface area contributed by atoms with Crippen LogP contribution in [0.4, 0.5) is 0 Å². The predicted octanol–water partition coefficient (Wildman–Crippen LogP) is 2.04. The van der Waals surface area contributed by atoms with Crippen LogP contribution >= 0.6 is 0 Å². The summed E-state index contributed by atoms with van der Waals surface area (Å²) < 4.78 is 0. The molecule has 0 saturated carbocycles. The zero-order valence-electron chi connectivity index (χ0n) is 5.72. The van der Waals surface area contributed by atoms with E-state index in [1.165, 1.54) is 11.1 Å². The maximum absolute atomic E-state index is 2.12. The van der Waals surface area contributed by atoms with E-state index in [0.717, 1.165) is 0 Å². The molecule has 0 saturated heterocycles. The maximum atomic E-state index is 2.12. The molecule has 0 aromatic heterocycles. The molecule has 0 aliphatic heterocycles. The number of rotatable bonds is 0. The van der Waals surface area contributed by atoms with Crippen LogP contribution in [0.5, 0.6) is 0 Å².